The third-order valence-corrected chi connectivity index (χ3v) is 30.7. The van der Waals surface area contributed by atoms with Crippen LogP contribution < -0.4 is 50.8 Å². The molecule has 5 nitrogen and oxygen atoms in total. The molecule has 0 aliphatic heterocycles. The van der Waals surface area contributed by atoms with Crippen LogP contribution in [0.4, 0.5) is 35.1 Å². The minimum atomic E-state index is -6.66. The van der Waals surface area contributed by atoms with E-state index in [0.29, 0.717) is 39.1 Å². The van der Waals surface area contributed by atoms with Crippen LogP contribution in [0.15, 0.2) is 346 Å². The van der Waals surface area contributed by atoms with Crippen molar-refractivity contribution in [2.75, 3.05) is 0 Å². The molecule has 16 aromatic rings. The fourth-order valence-corrected chi connectivity index (χ4v) is 25.8. The molecular weight excluding hydrogens is 1390 g/mol. The zero-order valence-electron chi connectivity index (χ0n) is 58.1. The Kier molecular flexibility index (Phi) is 16.5. The highest BCUT2D eigenvalue weighted by Crippen LogP contribution is 2.67. The minimum absolute atomic E-state index is 0.126. The third-order valence-electron chi connectivity index (χ3n) is 21.2. The zero-order chi connectivity index (χ0) is 73.7. The maximum Gasteiger partial charge on any atom is 0.382 e. The molecule has 15 heteroatoms. The van der Waals surface area contributed by atoms with Crippen LogP contribution >= 0.6 is 0 Å². The number of alkyl halides is 8. The number of hydrogen-bond acceptors (Lipinski definition) is 2. The molecule has 524 valence electrons. The number of halogens is 8. The van der Waals surface area contributed by atoms with Gasteiger partial charge < -0.3 is 4.74 Å². The summed E-state index contributed by atoms with van der Waals surface area (Å²) >= 11 is 0. The lowest BCUT2D eigenvalue weighted by Gasteiger charge is -2.44. The molecule has 0 saturated carbocycles. The van der Waals surface area contributed by atoms with Gasteiger partial charge in [0.25, 0.3) is 6.33 Å². The number of hydrogen-bond donors (Lipinski definition) is 0. The van der Waals surface area contributed by atoms with Crippen LogP contribution in [0.25, 0.3) is 72.3 Å². The number of ether oxygens (including phenoxy) is 1. The average molecular weight is 1450 g/mol. The predicted molar refractivity (Wildman–Crippen MR) is 417 cm³/mol. The summed E-state index contributed by atoms with van der Waals surface area (Å²) in [7, 11) is -7.28. The molecule has 0 unspecified atom stereocenters. The van der Waals surface area contributed by atoms with E-state index >= 15 is 35.1 Å². The summed E-state index contributed by atoms with van der Waals surface area (Å²) in [5.41, 5.74) is -1.64. The molecule has 107 heavy (non-hydrogen) atoms. The lowest BCUT2D eigenvalue weighted by atomic mass is 9.74. The maximum absolute atomic E-state index is 18.4. The largest absolute Gasteiger partial charge is 0.458 e. The number of aromatic nitrogens is 4. The molecule has 0 saturated heterocycles. The van der Waals surface area contributed by atoms with Gasteiger partial charge in [-0.25, -0.2) is 4.98 Å². The van der Waals surface area contributed by atoms with E-state index in [1.807, 2.05) is 243 Å². The van der Waals surface area contributed by atoms with Gasteiger partial charge in [0, 0.05) is 39.7 Å². The Hall–Kier alpha value is -12.0. The normalized spacial score (nSPS) is 14.6. The van der Waals surface area contributed by atoms with Gasteiger partial charge in [-0.2, -0.15) is 35.1 Å². The topological polar surface area (TPSA) is 35.9 Å². The van der Waals surface area contributed by atoms with E-state index in [4.69, 9.17) is 9.72 Å². The van der Waals surface area contributed by atoms with Gasteiger partial charge in [0.15, 0.2) is 16.1 Å². The standard InChI is InChI=1S/C92H66F8N4OSi2/c1-88(2,3)64-53-54-101-84(57-64)104-80-48-23-22-47-76(80)77-52-51-67(59-83(77)104)105-66-32-28-31-65(58-66)102-61-103(82-50-25-24-49-81(82)102)87-78(62-29-26-45-74(55-62)106(68-33-10-4-11-34-68,69-35-12-5-13-36-69)70-37-14-6-15-38-70)60-79-86(90(95,96)92(99,100)91(97,98)89(79,93)94)85(87)63-30-27-46-75(56-63)107(71-39-16-7-17-40-71,72-41-18-8-19-42-72)73-43-20-9-21-44-73/h4-60H,1-3H3. The number of rotatable bonds is 15. The van der Waals surface area contributed by atoms with Gasteiger partial charge >= 0.3 is 23.7 Å². The second-order valence-electron chi connectivity index (χ2n) is 28.3. The number of imidazole rings is 1. The van der Waals surface area contributed by atoms with E-state index in [1.165, 1.54) is 10.6 Å². The molecule has 17 rings (SSSR count). The Balaban J connectivity index is 0.954. The van der Waals surface area contributed by atoms with E-state index in [1.54, 1.807) is 77.4 Å². The van der Waals surface area contributed by atoms with Crippen molar-refractivity contribution in [1.82, 2.24) is 14.1 Å². The lowest BCUT2D eigenvalue weighted by Crippen LogP contribution is -2.74. The van der Waals surface area contributed by atoms with Gasteiger partial charge in [-0.15, -0.1) is 0 Å². The summed E-state index contributed by atoms with van der Waals surface area (Å²) in [4.78, 5) is 4.87. The summed E-state index contributed by atoms with van der Waals surface area (Å²) < 4.78 is 153. The Morgan fingerprint density at radius 1 is 0.393 bits per heavy atom. The molecule has 1 aliphatic rings. The highest BCUT2D eigenvalue weighted by molar-refractivity contribution is 7.20. The van der Waals surface area contributed by atoms with Crippen LogP contribution in [0.5, 0.6) is 11.5 Å². The predicted octanol–water partition coefficient (Wildman–Crippen LogP) is 17.8. The highest BCUT2D eigenvalue weighted by Gasteiger charge is 2.85. The van der Waals surface area contributed by atoms with Crippen LogP contribution in [0, 0.1) is 6.33 Å². The monoisotopic (exact) mass is 1450 g/mol. The fraction of sp³-hybridized carbons (Fsp3) is 0.0870. The van der Waals surface area contributed by atoms with E-state index in [2.05, 4.69) is 49.9 Å². The summed E-state index contributed by atoms with van der Waals surface area (Å²) in [5.74, 6) is -23.6. The van der Waals surface area contributed by atoms with Gasteiger partial charge in [0.05, 0.1) is 33.4 Å². The molecule has 0 amide bonds. The second kappa shape index (κ2) is 25.9. The molecular formula is C92H66F8N4OSi2. The van der Waals surface area contributed by atoms with Crippen molar-refractivity contribution < 1.29 is 44.4 Å². The van der Waals surface area contributed by atoms with Crippen LogP contribution in [0.2, 0.25) is 0 Å². The Bertz CT molecular complexity index is 5860. The quantitative estimate of drug-likeness (QED) is 0.0337. The van der Waals surface area contributed by atoms with Gasteiger partial charge in [-0.3, -0.25) is 13.7 Å². The molecule has 13 aromatic carbocycles. The first-order valence-corrected chi connectivity index (χ1v) is 39.3. The van der Waals surface area contributed by atoms with Crippen LogP contribution in [0.1, 0.15) is 37.5 Å². The maximum atomic E-state index is 18.4. The van der Waals surface area contributed by atoms with Crippen molar-refractivity contribution in [3.8, 4) is 50.9 Å². The molecule has 0 bridgehead atoms. The Labute approximate surface area is 615 Å². The Morgan fingerprint density at radius 2 is 0.841 bits per heavy atom. The molecule has 0 radical (unpaired) electrons. The Morgan fingerprint density at radius 3 is 1.38 bits per heavy atom. The molecule has 0 N–H and O–H groups in total. The number of para-hydroxylation sites is 3. The molecule has 0 fully saturated rings. The van der Waals surface area contributed by atoms with Crippen molar-refractivity contribution in [1.29, 1.82) is 0 Å². The van der Waals surface area contributed by atoms with Crippen molar-refractivity contribution in [3.63, 3.8) is 0 Å². The van der Waals surface area contributed by atoms with E-state index in [-0.39, 0.29) is 33.3 Å². The summed E-state index contributed by atoms with van der Waals surface area (Å²) in [6.07, 6.45) is 5.28. The van der Waals surface area contributed by atoms with Gasteiger partial charge in [-0.05, 0) is 124 Å². The smallest absolute Gasteiger partial charge is 0.382 e. The zero-order valence-corrected chi connectivity index (χ0v) is 60.1. The SMILES string of the molecule is CC(C)(C)c1ccnc(-n2c3ccccc3c3ccc(Oc4cccc(-n5[c-][n+](-c6c(-c7cccc([Si](c8ccccc8)(c8ccccc8)c8ccccc8)c7)cc7c(c6-c6cccc([Si](c8ccccc8)(c8ccccc8)c8ccccc8)c6)C(F)(F)C(F)(F)C(F)(F)C7(F)F)c6ccccc65)c4)cc32)c1. The first-order valence-electron chi connectivity index (χ1n) is 35.3. The number of pyridine rings is 1. The van der Waals surface area contributed by atoms with Crippen LogP contribution in [-0.4, -0.2) is 42.1 Å². The second-order valence-corrected chi connectivity index (χ2v) is 35.9. The summed E-state index contributed by atoms with van der Waals surface area (Å²) in [6.45, 7) is 6.46. The average Bonchev–Trinajstić information content (AvgIpc) is 0.899. The minimum Gasteiger partial charge on any atom is -0.458 e. The lowest BCUT2D eigenvalue weighted by molar-refractivity contribution is -0.571. The van der Waals surface area contributed by atoms with E-state index < -0.39 is 56.5 Å². The molecule has 0 atom stereocenters. The molecule has 1 aliphatic carbocycles. The van der Waals surface area contributed by atoms with Crippen molar-refractivity contribution in [2.24, 2.45) is 0 Å². The van der Waals surface area contributed by atoms with Crippen molar-refractivity contribution in [2.45, 2.75) is 49.9 Å². The third kappa shape index (κ3) is 10.7. The van der Waals surface area contributed by atoms with Gasteiger partial charge in [0.2, 0.25) is 0 Å². The van der Waals surface area contributed by atoms with E-state index in [0.717, 1.165) is 64.3 Å². The molecule has 3 aromatic heterocycles. The number of nitrogens with zero attached hydrogens (tertiary/aromatic N) is 4. The first-order chi connectivity index (χ1) is 51.7. The summed E-state index contributed by atoms with van der Waals surface area (Å²) in [6, 6.07) is 105. The summed E-state index contributed by atoms with van der Waals surface area (Å²) in [5, 5.41) is 8.52. The molecule has 3 heterocycles. The van der Waals surface area contributed by atoms with Crippen molar-refractivity contribution >= 4 is 90.5 Å². The molecule has 0 spiro atoms. The van der Waals surface area contributed by atoms with Crippen LogP contribution in [-0.2, 0) is 17.3 Å². The van der Waals surface area contributed by atoms with Crippen LogP contribution in [0.3, 0.4) is 0 Å². The number of fused-ring (bicyclic) bond motifs is 5. The number of benzene rings is 13. The van der Waals surface area contributed by atoms with E-state index in [9.17, 15) is 0 Å². The highest BCUT2D eigenvalue weighted by atomic mass is 28.3. The first kappa shape index (κ1) is 68.1. The van der Waals surface area contributed by atoms with Gasteiger partial charge in [0.1, 0.15) is 17.3 Å². The van der Waals surface area contributed by atoms with Crippen molar-refractivity contribution in [3.05, 3.63) is 369 Å². The van der Waals surface area contributed by atoms with Gasteiger partial charge in [-0.1, -0.05) is 300 Å². The fourth-order valence-electron chi connectivity index (χ4n) is 16.2.